The number of nitrogens with one attached hydrogen (secondary N) is 1. The van der Waals surface area contributed by atoms with E-state index in [1.165, 1.54) is 0 Å². The van der Waals surface area contributed by atoms with Gasteiger partial charge in [-0.3, -0.25) is 4.79 Å². The van der Waals surface area contributed by atoms with Gasteiger partial charge in [-0.1, -0.05) is 6.07 Å². The van der Waals surface area contributed by atoms with Crippen LogP contribution in [0.15, 0.2) is 40.9 Å². The Balaban J connectivity index is 1.84. The lowest BCUT2D eigenvalue weighted by Crippen LogP contribution is -2.19. The van der Waals surface area contributed by atoms with Crippen molar-refractivity contribution in [1.82, 2.24) is 9.99 Å². The molecule has 2 rings (SSSR count). The second-order valence-corrected chi connectivity index (χ2v) is 4.63. The number of aryl methyl sites for hydroxylation is 1. The highest BCUT2D eigenvalue weighted by Gasteiger charge is 2.02. The van der Waals surface area contributed by atoms with E-state index in [-0.39, 0.29) is 5.91 Å². The first-order valence-electron chi connectivity index (χ1n) is 5.21. The van der Waals surface area contributed by atoms with Crippen LogP contribution in [0.25, 0.3) is 0 Å². The van der Waals surface area contributed by atoms with Crippen LogP contribution < -0.4 is 5.43 Å². The molecule has 17 heavy (non-hydrogen) atoms. The van der Waals surface area contributed by atoms with E-state index >= 15 is 0 Å². The van der Waals surface area contributed by atoms with Gasteiger partial charge in [0, 0.05) is 18.1 Å². The van der Waals surface area contributed by atoms with Crippen LogP contribution in [0, 0.1) is 0 Å². The van der Waals surface area contributed by atoms with Gasteiger partial charge in [0.2, 0.25) is 5.91 Å². The van der Waals surface area contributed by atoms with E-state index in [1.807, 2.05) is 47.5 Å². The van der Waals surface area contributed by atoms with Crippen molar-refractivity contribution in [3.8, 4) is 0 Å². The number of thiophene rings is 1. The second kappa shape index (κ2) is 5.45. The molecule has 0 bridgehead atoms. The van der Waals surface area contributed by atoms with E-state index in [0.29, 0.717) is 6.42 Å². The smallest absolute Gasteiger partial charge is 0.245 e. The summed E-state index contributed by atoms with van der Waals surface area (Å²) in [6, 6.07) is 7.72. The Hall–Kier alpha value is -1.88. The molecule has 1 amide bonds. The maximum atomic E-state index is 11.5. The number of amides is 1. The van der Waals surface area contributed by atoms with Gasteiger partial charge in [0.1, 0.15) is 0 Å². The van der Waals surface area contributed by atoms with Gasteiger partial charge in [-0.2, -0.15) is 5.10 Å². The number of aromatic nitrogens is 1. The molecule has 0 unspecified atom stereocenters. The zero-order chi connectivity index (χ0) is 12.1. The Bertz CT molecular complexity index is 514. The van der Waals surface area contributed by atoms with E-state index in [1.54, 1.807) is 17.6 Å². The van der Waals surface area contributed by atoms with Crippen LogP contribution in [0.3, 0.4) is 0 Å². The normalized spacial score (nSPS) is 10.9. The predicted octanol–water partition coefficient (Wildman–Crippen LogP) is 1.78. The molecule has 4 nitrogen and oxygen atoms in total. The number of hydrogen-bond donors (Lipinski definition) is 1. The first kappa shape index (κ1) is 11.6. The van der Waals surface area contributed by atoms with Crippen LogP contribution in [-0.4, -0.2) is 16.7 Å². The molecule has 0 aliphatic rings. The molecule has 2 aromatic heterocycles. The Labute approximate surface area is 104 Å². The lowest BCUT2D eigenvalue weighted by molar-refractivity contribution is -0.120. The van der Waals surface area contributed by atoms with Crippen molar-refractivity contribution in [3.05, 3.63) is 46.4 Å². The summed E-state index contributed by atoms with van der Waals surface area (Å²) in [5, 5.41) is 5.87. The number of hydrogen-bond acceptors (Lipinski definition) is 3. The first-order valence-corrected chi connectivity index (χ1v) is 6.09. The van der Waals surface area contributed by atoms with Crippen molar-refractivity contribution < 1.29 is 4.79 Å². The standard InChI is InChI=1S/C12H13N3OS/c1-15-6-2-4-10(15)9-13-14-12(16)8-11-5-3-7-17-11/h2-7,9H,8H2,1H3,(H,14,16). The summed E-state index contributed by atoms with van der Waals surface area (Å²) in [4.78, 5) is 12.5. The number of rotatable bonds is 4. The third kappa shape index (κ3) is 3.29. The fourth-order valence-corrected chi connectivity index (χ4v) is 2.09. The summed E-state index contributed by atoms with van der Waals surface area (Å²) in [5.41, 5.74) is 3.46. The largest absolute Gasteiger partial charge is 0.350 e. The summed E-state index contributed by atoms with van der Waals surface area (Å²) in [7, 11) is 1.93. The van der Waals surface area contributed by atoms with E-state index < -0.39 is 0 Å². The minimum absolute atomic E-state index is 0.0992. The minimum Gasteiger partial charge on any atom is -0.350 e. The average Bonchev–Trinajstić information content (AvgIpc) is 2.91. The Kier molecular flexibility index (Phi) is 3.72. The molecule has 5 heteroatoms. The monoisotopic (exact) mass is 247 g/mol. The maximum Gasteiger partial charge on any atom is 0.245 e. The van der Waals surface area contributed by atoms with Crippen molar-refractivity contribution in [3.63, 3.8) is 0 Å². The van der Waals surface area contributed by atoms with Crippen LogP contribution in [0.5, 0.6) is 0 Å². The average molecular weight is 247 g/mol. The lowest BCUT2D eigenvalue weighted by Gasteiger charge is -1.98. The van der Waals surface area contributed by atoms with Crippen LogP contribution >= 0.6 is 11.3 Å². The lowest BCUT2D eigenvalue weighted by atomic mass is 10.3. The van der Waals surface area contributed by atoms with Gasteiger partial charge in [0.25, 0.3) is 0 Å². The van der Waals surface area contributed by atoms with Gasteiger partial charge in [-0.25, -0.2) is 5.43 Å². The molecule has 0 atom stereocenters. The third-order valence-corrected chi connectivity index (χ3v) is 3.16. The maximum absolute atomic E-state index is 11.5. The number of carbonyl (C=O) groups is 1. The molecule has 0 saturated heterocycles. The molecule has 0 aliphatic carbocycles. The molecule has 0 fully saturated rings. The van der Waals surface area contributed by atoms with E-state index in [2.05, 4.69) is 10.5 Å². The van der Waals surface area contributed by atoms with Crippen molar-refractivity contribution in [2.45, 2.75) is 6.42 Å². The van der Waals surface area contributed by atoms with E-state index in [0.717, 1.165) is 10.6 Å². The Morgan fingerprint density at radius 2 is 2.41 bits per heavy atom. The molecular formula is C12H13N3OS. The molecule has 0 spiro atoms. The van der Waals surface area contributed by atoms with Crippen molar-refractivity contribution >= 4 is 23.5 Å². The quantitative estimate of drug-likeness (QED) is 0.649. The predicted molar refractivity (Wildman–Crippen MR) is 69.2 cm³/mol. The molecular weight excluding hydrogens is 234 g/mol. The zero-order valence-electron chi connectivity index (χ0n) is 9.46. The Morgan fingerprint density at radius 3 is 3.06 bits per heavy atom. The number of hydrazone groups is 1. The van der Waals surface area contributed by atoms with Crippen molar-refractivity contribution in [2.75, 3.05) is 0 Å². The summed E-state index contributed by atoms with van der Waals surface area (Å²) in [6.07, 6.45) is 3.93. The van der Waals surface area contributed by atoms with E-state index in [4.69, 9.17) is 0 Å². The van der Waals surface area contributed by atoms with Crippen LogP contribution in [-0.2, 0) is 18.3 Å². The Morgan fingerprint density at radius 1 is 1.53 bits per heavy atom. The van der Waals surface area contributed by atoms with Crippen LogP contribution in [0.4, 0.5) is 0 Å². The minimum atomic E-state index is -0.0992. The van der Waals surface area contributed by atoms with Gasteiger partial charge in [0.05, 0.1) is 18.3 Å². The highest BCUT2D eigenvalue weighted by Crippen LogP contribution is 2.08. The zero-order valence-corrected chi connectivity index (χ0v) is 10.3. The fourth-order valence-electron chi connectivity index (χ4n) is 1.39. The van der Waals surface area contributed by atoms with Crippen molar-refractivity contribution in [1.29, 1.82) is 0 Å². The van der Waals surface area contributed by atoms with Crippen molar-refractivity contribution in [2.24, 2.45) is 12.1 Å². The molecule has 88 valence electrons. The molecule has 0 saturated carbocycles. The molecule has 0 aromatic carbocycles. The highest BCUT2D eigenvalue weighted by molar-refractivity contribution is 7.10. The second-order valence-electron chi connectivity index (χ2n) is 3.59. The van der Waals surface area contributed by atoms with E-state index in [9.17, 15) is 4.79 Å². The summed E-state index contributed by atoms with van der Waals surface area (Å²) >= 11 is 1.57. The van der Waals surface area contributed by atoms with Crippen LogP contribution in [0.2, 0.25) is 0 Å². The summed E-state index contributed by atoms with van der Waals surface area (Å²) in [6.45, 7) is 0. The molecule has 2 heterocycles. The van der Waals surface area contributed by atoms with Gasteiger partial charge < -0.3 is 4.57 Å². The highest BCUT2D eigenvalue weighted by atomic mass is 32.1. The van der Waals surface area contributed by atoms with Gasteiger partial charge >= 0.3 is 0 Å². The van der Waals surface area contributed by atoms with Gasteiger partial charge in [-0.05, 0) is 23.6 Å². The molecule has 1 N–H and O–H groups in total. The number of nitrogens with zero attached hydrogens (tertiary/aromatic N) is 2. The first-order chi connectivity index (χ1) is 8.25. The molecule has 0 aliphatic heterocycles. The SMILES string of the molecule is Cn1cccc1C=NNC(=O)Cc1cccs1. The summed E-state index contributed by atoms with van der Waals surface area (Å²) in [5.74, 6) is -0.0992. The van der Waals surface area contributed by atoms with Gasteiger partial charge in [0.15, 0.2) is 0 Å². The van der Waals surface area contributed by atoms with Crippen LogP contribution in [0.1, 0.15) is 10.6 Å². The fraction of sp³-hybridized carbons (Fsp3) is 0.167. The summed E-state index contributed by atoms with van der Waals surface area (Å²) < 4.78 is 1.93. The molecule has 2 aromatic rings. The third-order valence-electron chi connectivity index (χ3n) is 2.28. The molecule has 0 radical (unpaired) electrons. The topological polar surface area (TPSA) is 46.4 Å². The number of carbonyl (C=O) groups excluding carboxylic acids is 1. The van der Waals surface area contributed by atoms with Gasteiger partial charge in [-0.15, -0.1) is 11.3 Å².